The summed E-state index contributed by atoms with van der Waals surface area (Å²) in [4.78, 5) is 0. The van der Waals surface area contributed by atoms with Crippen LogP contribution in [0.25, 0.3) is 0 Å². The van der Waals surface area contributed by atoms with Crippen LogP contribution in [0.1, 0.15) is 49.0 Å². The summed E-state index contributed by atoms with van der Waals surface area (Å²) >= 11 is 0. The van der Waals surface area contributed by atoms with E-state index in [1.165, 1.54) is 5.56 Å². The molecule has 24 heavy (non-hydrogen) atoms. The lowest BCUT2D eigenvalue weighted by Gasteiger charge is -2.20. The molecular weight excluding hydrogens is 292 g/mol. The van der Waals surface area contributed by atoms with Crippen molar-refractivity contribution in [1.29, 1.82) is 0 Å². The Morgan fingerprint density at radius 2 is 1.17 bits per heavy atom. The lowest BCUT2D eigenvalue weighted by molar-refractivity contribution is 0.247. The maximum absolute atomic E-state index is 6.35. The van der Waals surface area contributed by atoms with Crippen molar-refractivity contribution in [3.63, 3.8) is 0 Å². The van der Waals surface area contributed by atoms with E-state index in [0.717, 1.165) is 23.3 Å². The molecule has 0 amide bonds. The van der Waals surface area contributed by atoms with E-state index in [-0.39, 0.29) is 6.10 Å². The van der Waals surface area contributed by atoms with Gasteiger partial charge in [0.05, 0.1) is 0 Å². The summed E-state index contributed by atoms with van der Waals surface area (Å²) in [5.74, 6) is 1.48. The van der Waals surface area contributed by atoms with Crippen molar-refractivity contribution in [2.75, 3.05) is 0 Å². The lowest BCUT2D eigenvalue weighted by atomic mass is 9.98. The number of benzene rings is 3. The SMILES string of the molecule is CCC(C)c1ccc(OC(c2ccccc2)c2ccccc2)cc1. The van der Waals surface area contributed by atoms with Crippen molar-refractivity contribution in [3.05, 3.63) is 102 Å². The highest BCUT2D eigenvalue weighted by molar-refractivity contribution is 5.34. The van der Waals surface area contributed by atoms with Gasteiger partial charge in [-0.1, -0.05) is 86.6 Å². The van der Waals surface area contributed by atoms with Crippen LogP contribution in [0.15, 0.2) is 84.9 Å². The van der Waals surface area contributed by atoms with E-state index in [9.17, 15) is 0 Å². The molecule has 0 saturated heterocycles. The number of hydrogen-bond donors (Lipinski definition) is 0. The Morgan fingerprint density at radius 3 is 1.62 bits per heavy atom. The van der Waals surface area contributed by atoms with Crippen LogP contribution in [0.2, 0.25) is 0 Å². The van der Waals surface area contributed by atoms with E-state index in [1.807, 2.05) is 12.1 Å². The molecule has 122 valence electrons. The molecule has 0 heterocycles. The van der Waals surface area contributed by atoms with Crippen LogP contribution in [0, 0.1) is 0 Å². The van der Waals surface area contributed by atoms with Crippen LogP contribution in [-0.2, 0) is 0 Å². The van der Waals surface area contributed by atoms with E-state index < -0.39 is 0 Å². The van der Waals surface area contributed by atoms with Gasteiger partial charge in [-0.3, -0.25) is 0 Å². The summed E-state index contributed by atoms with van der Waals surface area (Å²) in [7, 11) is 0. The summed E-state index contributed by atoms with van der Waals surface area (Å²) in [5.41, 5.74) is 3.69. The molecule has 0 aliphatic carbocycles. The van der Waals surface area contributed by atoms with Crippen molar-refractivity contribution >= 4 is 0 Å². The molecule has 0 bridgehead atoms. The molecule has 0 radical (unpaired) electrons. The van der Waals surface area contributed by atoms with Gasteiger partial charge in [0.1, 0.15) is 11.9 Å². The molecule has 0 fully saturated rings. The van der Waals surface area contributed by atoms with Crippen molar-refractivity contribution in [3.8, 4) is 5.75 Å². The summed E-state index contributed by atoms with van der Waals surface area (Å²) in [5, 5.41) is 0. The monoisotopic (exact) mass is 316 g/mol. The Balaban J connectivity index is 1.87. The molecular formula is C23H24O. The fourth-order valence-corrected chi connectivity index (χ4v) is 2.83. The number of ether oxygens (including phenoxy) is 1. The van der Waals surface area contributed by atoms with Crippen molar-refractivity contribution in [1.82, 2.24) is 0 Å². The molecule has 0 aromatic heterocycles. The molecule has 1 unspecified atom stereocenters. The van der Waals surface area contributed by atoms with Crippen molar-refractivity contribution in [2.45, 2.75) is 32.3 Å². The number of hydrogen-bond acceptors (Lipinski definition) is 1. The van der Waals surface area contributed by atoms with Gasteiger partial charge in [0, 0.05) is 0 Å². The fraction of sp³-hybridized carbons (Fsp3) is 0.217. The van der Waals surface area contributed by atoms with Crippen LogP contribution in [0.5, 0.6) is 5.75 Å². The highest BCUT2D eigenvalue weighted by atomic mass is 16.5. The summed E-state index contributed by atoms with van der Waals surface area (Å²) in [6.45, 7) is 4.47. The van der Waals surface area contributed by atoms with Crippen molar-refractivity contribution in [2.24, 2.45) is 0 Å². The average Bonchev–Trinajstić information content (AvgIpc) is 2.67. The van der Waals surface area contributed by atoms with Gasteiger partial charge in [-0.2, -0.15) is 0 Å². The predicted octanol–water partition coefficient (Wildman–Crippen LogP) is 6.37. The second-order valence-electron chi connectivity index (χ2n) is 6.20. The van der Waals surface area contributed by atoms with Crippen molar-refractivity contribution < 1.29 is 4.74 Å². The van der Waals surface area contributed by atoms with Gasteiger partial charge in [0.25, 0.3) is 0 Å². The smallest absolute Gasteiger partial charge is 0.149 e. The van der Waals surface area contributed by atoms with Gasteiger partial charge < -0.3 is 4.74 Å². The van der Waals surface area contributed by atoms with Crippen LogP contribution in [0.3, 0.4) is 0 Å². The van der Waals surface area contributed by atoms with Crippen LogP contribution in [0.4, 0.5) is 0 Å². The molecule has 3 aromatic rings. The quantitative estimate of drug-likeness (QED) is 0.513. The third kappa shape index (κ3) is 3.86. The largest absolute Gasteiger partial charge is 0.481 e. The van der Waals surface area contributed by atoms with Gasteiger partial charge >= 0.3 is 0 Å². The Hall–Kier alpha value is -2.54. The highest BCUT2D eigenvalue weighted by Crippen LogP contribution is 2.29. The maximum atomic E-state index is 6.35. The van der Waals surface area contributed by atoms with E-state index in [0.29, 0.717) is 5.92 Å². The zero-order valence-corrected chi connectivity index (χ0v) is 14.4. The fourth-order valence-electron chi connectivity index (χ4n) is 2.83. The first kappa shape index (κ1) is 16.3. The minimum Gasteiger partial charge on any atom is -0.481 e. The first-order chi connectivity index (χ1) is 11.8. The molecule has 1 nitrogen and oxygen atoms in total. The summed E-state index contributed by atoms with van der Waals surface area (Å²) in [6, 6.07) is 29.3. The van der Waals surface area contributed by atoms with Gasteiger partial charge in [-0.25, -0.2) is 0 Å². The van der Waals surface area contributed by atoms with Gasteiger partial charge in [-0.15, -0.1) is 0 Å². The third-order valence-electron chi connectivity index (χ3n) is 4.52. The highest BCUT2D eigenvalue weighted by Gasteiger charge is 2.15. The molecule has 0 saturated carbocycles. The molecule has 3 aromatic carbocycles. The molecule has 0 spiro atoms. The molecule has 3 rings (SSSR count). The van der Waals surface area contributed by atoms with Gasteiger partial charge in [0.15, 0.2) is 0 Å². The normalized spacial score (nSPS) is 12.1. The molecule has 0 N–H and O–H groups in total. The van der Waals surface area contributed by atoms with Gasteiger partial charge in [-0.05, 0) is 41.2 Å². The Bertz CT molecular complexity index is 693. The zero-order valence-electron chi connectivity index (χ0n) is 14.4. The Labute approximate surface area is 144 Å². The molecule has 1 heteroatoms. The zero-order chi connectivity index (χ0) is 16.8. The van der Waals surface area contributed by atoms with E-state index in [1.54, 1.807) is 0 Å². The van der Waals surface area contributed by atoms with E-state index in [4.69, 9.17) is 4.74 Å². The van der Waals surface area contributed by atoms with Crippen LogP contribution < -0.4 is 4.74 Å². The molecule has 0 aliphatic heterocycles. The summed E-state index contributed by atoms with van der Waals surface area (Å²) in [6.07, 6.45) is 1.05. The van der Waals surface area contributed by atoms with E-state index in [2.05, 4.69) is 86.6 Å². The average molecular weight is 316 g/mol. The maximum Gasteiger partial charge on any atom is 0.149 e. The first-order valence-electron chi connectivity index (χ1n) is 8.64. The molecule has 0 aliphatic rings. The minimum atomic E-state index is -0.0955. The predicted molar refractivity (Wildman–Crippen MR) is 101 cm³/mol. The summed E-state index contributed by atoms with van der Waals surface area (Å²) < 4.78 is 6.35. The van der Waals surface area contributed by atoms with Crippen LogP contribution in [-0.4, -0.2) is 0 Å². The molecule has 1 atom stereocenters. The van der Waals surface area contributed by atoms with Crippen LogP contribution >= 0.6 is 0 Å². The minimum absolute atomic E-state index is 0.0955. The topological polar surface area (TPSA) is 9.23 Å². The number of rotatable bonds is 6. The first-order valence-corrected chi connectivity index (χ1v) is 8.64. The van der Waals surface area contributed by atoms with Gasteiger partial charge in [0.2, 0.25) is 0 Å². The third-order valence-corrected chi connectivity index (χ3v) is 4.52. The lowest BCUT2D eigenvalue weighted by Crippen LogP contribution is -2.09. The Morgan fingerprint density at radius 1 is 0.667 bits per heavy atom. The standard InChI is InChI=1S/C23H24O/c1-3-18(2)19-14-16-22(17-15-19)24-23(20-10-6-4-7-11-20)21-12-8-5-9-13-21/h4-18,23H,3H2,1-2H3. The Kier molecular flexibility index (Phi) is 5.32. The second kappa shape index (κ2) is 7.83. The van der Waals surface area contributed by atoms with E-state index >= 15 is 0 Å². The second-order valence-corrected chi connectivity index (χ2v) is 6.20.